The van der Waals surface area contributed by atoms with Crippen LogP contribution in [0.15, 0.2) is 28.8 Å². The molecule has 2 aromatic rings. The van der Waals surface area contributed by atoms with Crippen LogP contribution < -0.4 is 4.90 Å². The summed E-state index contributed by atoms with van der Waals surface area (Å²) in [7, 11) is 0. The van der Waals surface area contributed by atoms with Crippen molar-refractivity contribution in [2.75, 3.05) is 4.90 Å². The SMILES string of the molecule is CC1Cc2ccccc2N1C(=O)CCCc1nc(C(C)(C)C)no1. The predicted molar refractivity (Wildman–Crippen MR) is 93.0 cm³/mol. The number of para-hydroxylation sites is 1. The van der Waals surface area contributed by atoms with Crippen LogP contribution in [0.5, 0.6) is 0 Å². The fourth-order valence-corrected chi connectivity index (χ4v) is 3.12. The number of carbonyl (C=O) groups excluding carboxylic acids is 1. The van der Waals surface area contributed by atoms with Crippen LogP contribution in [0.1, 0.15) is 57.8 Å². The fourth-order valence-electron chi connectivity index (χ4n) is 3.12. The summed E-state index contributed by atoms with van der Waals surface area (Å²) >= 11 is 0. The van der Waals surface area contributed by atoms with Crippen LogP contribution in [0.4, 0.5) is 5.69 Å². The summed E-state index contributed by atoms with van der Waals surface area (Å²) in [5.41, 5.74) is 2.19. The molecule has 0 spiro atoms. The normalized spacial score (nSPS) is 17.2. The first-order chi connectivity index (χ1) is 11.4. The summed E-state index contributed by atoms with van der Waals surface area (Å²) in [4.78, 5) is 19.0. The molecule has 1 aromatic heterocycles. The molecule has 5 heteroatoms. The van der Waals surface area contributed by atoms with E-state index in [0.717, 1.165) is 18.5 Å². The van der Waals surface area contributed by atoms with E-state index in [2.05, 4.69) is 43.9 Å². The number of hydrogen-bond acceptors (Lipinski definition) is 4. The van der Waals surface area contributed by atoms with E-state index in [1.807, 2.05) is 23.1 Å². The van der Waals surface area contributed by atoms with Crippen LogP contribution in [0, 0.1) is 0 Å². The molecular weight excluding hydrogens is 302 g/mol. The zero-order valence-corrected chi connectivity index (χ0v) is 14.9. The Hall–Kier alpha value is -2.17. The molecule has 1 aliphatic heterocycles. The lowest BCUT2D eigenvalue weighted by atomic mass is 9.96. The predicted octanol–water partition coefficient (Wildman–Crippen LogP) is 3.67. The third-order valence-electron chi connectivity index (χ3n) is 4.40. The van der Waals surface area contributed by atoms with Crippen LogP contribution in [0.25, 0.3) is 0 Å². The van der Waals surface area contributed by atoms with E-state index in [0.29, 0.717) is 24.6 Å². The van der Waals surface area contributed by atoms with Gasteiger partial charge in [-0.1, -0.05) is 44.1 Å². The van der Waals surface area contributed by atoms with Gasteiger partial charge in [-0.05, 0) is 31.4 Å². The van der Waals surface area contributed by atoms with Crippen molar-refractivity contribution in [1.29, 1.82) is 0 Å². The Labute approximate surface area is 143 Å². The summed E-state index contributed by atoms with van der Waals surface area (Å²) in [5.74, 6) is 1.50. The van der Waals surface area contributed by atoms with Gasteiger partial charge in [0.25, 0.3) is 0 Å². The molecule has 0 aliphatic carbocycles. The van der Waals surface area contributed by atoms with E-state index in [-0.39, 0.29) is 17.4 Å². The quantitative estimate of drug-likeness (QED) is 0.860. The van der Waals surface area contributed by atoms with Gasteiger partial charge in [0, 0.05) is 30.0 Å². The van der Waals surface area contributed by atoms with Gasteiger partial charge in [-0.25, -0.2) is 0 Å². The number of amides is 1. The highest BCUT2D eigenvalue weighted by molar-refractivity contribution is 5.96. The minimum Gasteiger partial charge on any atom is -0.339 e. The third kappa shape index (κ3) is 3.35. The van der Waals surface area contributed by atoms with Crippen LogP contribution in [-0.2, 0) is 23.1 Å². The largest absolute Gasteiger partial charge is 0.339 e. The lowest BCUT2D eigenvalue weighted by Crippen LogP contribution is -2.35. The van der Waals surface area contributed by atoms with E-state index in [1.54, 1.807) is 0 Å². The summed E-state index contributed by atoms with van der Waals surface area (Å²) in [6.45, 7) is 8.26. The van der Waals surface area contributed by atoms with Crippen LogP contribution in [0.2, 0.25) is 0 Å². The Kier molecular flexibility index (Phi) is 4.43. The highest BCUT2D eigenvalue weighted by Gasteiger charge is 2.30. The molecule has 1 unspecified atom stereocenters. The van der Waals surface area contributed by atoms with Gasteiger partial charge in [0.2, 0.25) is 11.8 Å². The minimum atomic E-state index is -0.119. The maximum atomic E-state index is 12.6. The molecule has 24 heavy (non-hydrogen) atoms. The summed E-state index contributed by atoms with van der Waals surface area (Å²) < 4.78 is 5.29. The first-order valence-electron chi connectivity index (χ1n) is 8.59. The maximum Gasteiger partial charge on any atom is 0.227 e. The van der Waals surface area contributed by atoms with E-state index >= 15 is 0 Å². The van der Waals surface area contributed by atoms with Crippen LogP contribution in [-0.4, -0.2) is 22.1 Å². The Morgan fingerprint density at radius 1 is 1.33 bits per heavy atom. The number of aryl methyl sites for hydroxylation is 1. The van der Waals surface area contributed by atoms with Crippen molar-refractivity contribution in [2.24, 2.45) is 0 Å². The Morgan fingerprint density at radius 3 is 2.79 bits per heavy atom. The molecule has 1 aromatic carbocycles. The van der Waals surface area contributed by atoms with Gasteiger partial charge in [0.05, 0.1) is 0 Å². The van der Waals surface area contributed by atoms with Crippen molar-refractivity contribution in [3.8, 4) is 0 Å². The van der Waals surface area contributed by atoms with Crippen molar-refractivity contribution in [2.45, 2.75) is 64.8 Å². The van der Waals surface area contributed by atoms with Crippen molar-refractivity contribution in [3.05, 3.63) is 41.5 Å². The maximum absolute atomic E-state index is 12.6. The van der Waals surface area contributed by atoms with Crippen molar-refractivity contribution >= 4 is 11.6 Å². The highest BCUT2D eigenvalue weighted by atomic mass is 16.5. The molecule has 128 valence electrons. The first-order valence-corrected chi connectivity index (χ1v) is 8.59. The van der Waals surface area contributed by atoms with Gasteiger partial charge in [-0.3, -0.25) is 4.79 Å². The lowest BCUT2D eigenvalue weighted by Gasteiger charge is -2.22. The number of nitrogens with zero attached hydrogens (tertiary/aromatic N) is 3. The zero-order chi connectivity index (χ0) is 17.3. The van der Waals surface area contributed by atoms with Crippen molar-refractivity contribution in [1.82, 2.24) is 10.1 Å². The summed E-state index contributed by atoms with van der Waals surface area (Å²) in [6, 6.07) is 8.38. The van der Waals surface area contributed by atoms with E-state index in [9.17, 15) is 4.79 Å². The third-order valence-corrected chi connectivity index (χ3v) is 4.40. The number of fused-ring (bicyclic) bond motifs is 1. The Bertz CT molecular complexity index is 730. The zero-order valence-electron chi connectivity index (χ0n) is 14.9. The molecule has 2 heterocycles. The molecule has 1 atom stereocenters. The topological polar surface area (TPSA) is 59.2 Å². The van der Waals surface area contributed by atoms with Gasteiger partial charge in [-0.2, -0.15) is 4.98 Å². The number of rotatable bonds is 4. The van der Waals surface area contributed by atoms with Crippen LogP contribution >= 0.6 is 0 Å². The Balaban J connectivity index is 1.58. The smallest absolute Gasteiger partial charge is 0.227 e. The molecule has 5 nitrogen and oxygen atoms in total. The number of aromatic nitrogens is 2. The molecule has 0 saturated carbocycles. The molecule has 0 fully saturated rings. The number of benzene rings is 1. The number of anilines is 1. The van der Waals surface area contributed by atoms with Gasteiger partial charge in [-0.15, -0.1) is 0 Å². The molecule has 0 N–H and O–H groups in total. The van der Waals surface area contributed by atoms with Crippen molar-refractivity contribution < 1.29 is 9.32 Å². The monoisotopic (exact) mass is 327 g/mol. The standard InChI is InChI=1S/C19H25N3O2/c1-13-12-14-8-5-6-9-15(14)22(13)17(23)11-7-10-16-20-18(21-24-16)19(2,3)4/h5-6,8-9,13H,7,10-12H2,1-4H3. The number of carbonyl (C=O) groups is 1. The molecule has 0 saturated heterocycles. The molecular formula is C19H25N3O2. The molecule has 3 rings (SSSR count). The van der Waals surface area contributed by atoms with E-state index in [1.165, 1.54) is 5.56 Å². The highest BCUT2D eigenvalue weighted by Crippen LogP contribution is 2.32. The molecule has 1 amide bonds. The average Bonchev–Trinajstić information content (AvgIpc) is 3.10. The fraction of sp³-hybridized carbons (Fsp3) is 0.526. The second kappa shape index (κ2) is 6.38. The van der Waals surface area contributed by atoms with Gasteiger partial charge in [0.1, 0.15) is 0 Å². The van der Waals surface area contributed by atoms with Gasteiger partial charge < -0.3 is 9.42 Å². The molecule has 0 bridgehead atoms. The van der Waals surface area contributed by atoms with E-state index < -0.39 is 0 Å². The molecule has 0 radical (unpaired) electrons. The van der Waals surface area contributed by atoms with Crippen LogP contribution in [0.3, 0.4) is 0 Å². The summed E-state index contributed by atoms with van der Waals surface area (Å²) in [6.07, 6.45) is 2.78. The second-order valence-corrected chi connectivity index (χ2v) is 7.56. The lowest BCUT2D eigenvalue weighted by molar-refractivity contribution is -0.119. The van der Waals surface area contributed by atoms with Gasteiger partial charge in [0.15, 0.2) is 5.82 Å². The second-order valence-electron chi connectivity index (χ2n) is 7.56. The average molecular weight is 327 g/mol. The first kappa shape index (κ1) is 16.7. The number of hydrogen-bond donors (Lipinski definition) is 0. The summed E-state index contributed by atoms with van der Waals surface area (Å²) in [5, 5.41) is 4.02. The van der Waals surface area contributed by atoms with Crippen molar-refractivity contribution in [3.63, 3.8) is 0 Å². The molecule has 1 aliphatic rings. The van der Waals surface area contributed by atoms with Gasteiger partial charge >= 0.3 is 0 Å². The van der Waals surface area contributed by atoms with E-state index in [4.69, 9.17) is 4.52 Å². The minimum absolute atomic E-state index is 0.119. The Morgan fingerprint density at radius 2 is 2.08 bits per heavy atom.